The van der Waals surface area contributed by atoms with Gasteiger partial charge in [0, 0.05) is 16.3 Å². The van der Waals surface area contributed by atoms with E-state index >= 15 is 0 Å². The molecule has 22 heavy (non-hydrogen) atoms. The Morgan fingerprint density at radius 1 is 0.818 bits per heavy atom. The second kappa shape index (κ2) is 4.08. The average molecular weight is 282 g/mol. The molecule has 0 unspecified atom stereocenters. The van der Waals surface area contributed by atoms with Gasteiger partial charge < -0.3 is 0 Å². The fourth-order valence-corrected chi connectivity index (χ4v) is 3.47. The van der Waals surface area contributed by atoms with Gasteiger partial charge in [-0.15, -0.1) is 0 Å². The van der Waals surface area contributed by atoms with Gasteiger partial charge in [0.2, 0.25) is 0 Å². The number of aromatic nitrogens is 2. The first-order valence-electron chi connectivity index (χ1n) is 7.51. The zero-order valence-corrected chi connectivity index (χ0v) is 12.2. The van der Waals surface area contributed by atoms with Crippen LogP contribution in [0, 0.1) is 6.92 Å². The predicted octanol–water partition coefficient (Wildman–Crippen LogP) is 5.05. The summed E-state index contributed by atoms with van der Waals surface area (Å²) in [5, 5.41) is 2.59. The Bertz CT molecular complexity index is 1120. The number of rotatable bonds is 1. The number of para-hydroxylation sites is 1. The Hall–Kier alpha value is -2.87. The van der Waals surface area contributed by atoms with Crippen molar-refractivity contribution in [1.29, 1.82) is 0 Å². The Balaban J connectivity index is 2.07. The number of nitrogens with zero attached hydrogens (tertiary/aromatic N) is 2. The summed E-state index contributed by atoms with van der Waals surface area (Å²) in [5.41, 5.74) is 5.93. The van der Waals surface area contributed by atoms with Crippen molar-refractivity contribution in [2.24, 2.45) is 0 Å². The third-order valence-electron chi connectivity index (χ3n) is 4.36. The van der Waals surface area contributed by atoms with E-state index in [1.54, 1.807) is 0 Å². The summed E-state index contributed by atoms with van der Waals surface area (Å²) in [7, 11) is 0. The van der Waals surface area contributed by atoms with E-state index in [0.717, 1.165) is 16.9 Å². The maximum absolute atomic E-state index is 4.92. The average Bonchev–Trinajstić information content (AvgIpc) is 3.08. The molecule has 104 valence electrons. The molecule has 0 aliphatic carbocycles. The van der Waals surface area contributed by atoms with Crippen LogP contribution in [0.25, 0.3) is 38.7 Å². The Kier molecular flexibility index (Phi) is 2.18. The lowest BCUT2D eigenvalue weighted by Crippen LogP contribution is -1.87. The summed E-state index contributed by atoms with van der Waals surface area (Å²) in [6.45, 7) is 2.14. The minimum atomic E-state index is 1.02. The van der Waals surface area contributed by atoms with E-state index in [1.165, 1.54) is 27.4 Å². The molecule has 0 spiro atoms. The first-order valence-corrected chi connectivity index (χ1v) is 7.51. The maximum atomic E-state index is 4.92. The Labute approximate surface area is 128 Å². The highest BCUT2D eigenvalue weighted by Crippen LogP contribution is 2.36. The molecule has 2 aromatic heterocycles. The molecule has 0 radical (unpaired) electrons. The van der Waals surface area contributed by atoms with Crippen LogP contribution in [0.2, 0.25) is 0 Å². The zero-order valence-electron chi connectivity index (χ0n) is 12.2. The monoisotopic (exact) mass is 282 g/mol. The van der Waals surface area contributed by atoms with Crippen molar-refractivity contribution in [2.45, 2.75) is 6.92 Å². The van der Waals surface area contributed by atoms with Gasteiger partial charge in [0.25, 0.3) is 0 Å². The van der Waals surface area contributed by atoms with Crippen molar-refractivity contribution < 1.29 is 0 Å². The normalized spacial score (nSPS) is 11.9. The molecule has 0 amide bonds. The van der Waals surface area contributed by atoms with Crippen LogP contribution in [0.1, 0.15) is 5.56 Å². The minimum Gasteiger partial charge on any atom is -0.291 e. The molecule has 2 nitrogen and oxygen atoms in total. The largest absolute Gasteiger partial charge is 0.291 e. The highest BCUT2D eigenvalue weighted by atomic mass is 15.0. The highest BCUT2D eigenvalue weighted by molar-refractivity contribution is 6.14. The first-order chi connectivity index (χ1) is 10.8. The number of fused-ring (bicyclic) bond motifs is 3. The summed E-state index contributed by atoms with van der Waals surface area (Å²) < 4.78 is 2.30. The number of hydrogen-bond donors (Lipinski definition) is 0. The topological polar surface area (TPSA) is 17.3 Å². The minimum absolute atomic E-state index is 1.02. The fourth-order valence-electron chi connectivity index (χ4n) is 3.47. The molecule has 0 bridgehead atoms. The molecule has 0 aliphatic rings. The van der Waals surface area contributed by atoms with Gasteiger partial charge in [-0.05, 0) is 30.7 Å². The van der Waals surface area contributed by atoms with Crippen LogP contribution in [-0.2, 0) is 0 Å². The van der Waals surface area contributed by atoms with Gasteiger partial charge in [-0.1, -0.05) is 48.5 Å². The van der Waals surface area contributed by atoms with Crippen LogP contribution in [0.4, 0.5) is 0 Å². The smallest absolute Gasteiger partial charge is 0.145 e. The van der Waals surface area contributed by atoms with Crippen LogP contribution in [-0.4, -0.2) is 9.38 Å². The number of benzene rings is 3. The van der Waals surface area contributed by atoms with Crippen molar-refractivity contribution in [3.63, 3.8) is 0 Å². The molecule has 2 heterocycles. The zero-order chi connectivity index (χ0) is 14.7. The van der Waals surface area contributed by atoms with Gasteiger partial charge in [0.1, 0.15) is 5.82 Å². The van der Waals surface area contributed by atoms with Crippen LogP contribution < -0.4 is 0 Å². The Morgan fingerprint density at radius 3 is 2.45 bits per heavy atom. The molecule has 0 atom stereocenters. The van der Waals surface area contributed by atoms with Crippen molar-refractivity contribution in [1.82, 2.24) is 9.38 Å². The fraction of sp³-hybridized carbons (Fsp3) is 0.0500. The number of hydrogen-bond acceptors (Lipinski definition) is 1. The van der Waals surface area contributed by atoms with E-state index in [9.17, 15) is 0 Å². The van der Waals surface area contributed by atoms with E-state index in [4.69, 9.17) is 4.98 Å². The van der Waals surface area contributed by atoms with Crippen molar-refractivity contribution >= 4 is 27.3 Å². The van der Waals surface area contributed by atoms with Crippen molar-refractivity contribution in [2.75, 3.05) is 0 Å². The molecule has 0 saturated heterocycles. The summed E-state index contributed by atoms with van der Waals surface area (Å²) in [4.78, 5) is 4.92. The molecule has 0 N–H and O–H groups in total. The molecule has 0 aliphatic heterocycles. The van der Waals surface area contributed by atoms with Crippen LogP contribution >= 0.6 is 0 Å². The molecule has 3 aromatic carbocycles. The lowest BCUT2D eigenvalue weighted by atomic mass is 10.1. The molecule has 0 fully saturated rings. The predicted molar refractivity (Wildman–Crippen MR) is 91.6 cm³/mol. The van der Waals surface area contributed by atoms with Crippen LogP contribution in [0.3, 0.4) is 0 Å². The lowest BCUT2D eigenvalue weighted by molar-refractivity contribution is 1.23. The summed E-state index contributed by atoms with van der Waals surface area (Å²) in [5.74, 6) is 1.02. The molecular formula is C20H14N2. The van der Waals surface area contributed by atoms with E-state index in [2.05, 4.69) is 72.0 Å². The van der Waals surface area contributed by atoms with E-state index < -0.39 is 0 Å². The second-order valence-electron chi connectivity index (χ2n) is 5.83. The summed E-state index contributed by atoms with van der Waals surface area (Å²) in [6.07, 6.45) is 0. The number of aryl methyl sites for hydroxylation is 1. The molecule has 0 saturated carbocycles. The number of imidazole rings is 1. The van der Waals surface area contributed by atoms with Crippen molar-refractivity contribution in [3.05, 3.63) is 72.3 Å². The van der Waals surface area contributed by atoms with Gasteiger partial charge in [-0.25, -0.2) is 4.98 Å². The van der Waals surface area contributed by atoms with Gasteiger partial charge >= 0.3 is 0 Å². The Morgan fingerprint density at radius 2 is 1.59 bits per heavy atom. The third kappa shape index (κ3) is 1.41. The van der Waals surface area contributed by atoms with Gasteiger partial charge in [0.15, 0.2) is 0 Å². The summed E-state index contributed by atoms with van der Waals surface area (Å²) >= 11 is 0. The van der Waals surface area contributed by atoms with Gasteiger partial charge in [0.05, 0.1) is 16.6 Å². The van der Waals surface area contributed by atoms with Gasteiger partial charge in [-0.3, -0.25) is 4.40 Å². The third-order valence-corrected chi connectivity index (χ3v) is 4.36. The molecule has 5 rings (SSSR count). The van der Waals surface area contributed by atoms with Crippen LogP contribution in [0.15, 0.2) is 66.7 Å². The van der Waals surface area contributed by atoms with Gasteiger partial charge in [-0.2, -0.15) is 0 Å². The lowest BCUT2D eigenvalue weighted by Gasteiger charge is -2.00. The van der Waals surface area contributed by atoms with E-state index in [0.29, 0.717) is 0 Å². The van der Waals surface area contributed by atoms with Crippen molar-refractivity contribution in [3.8, 4) is 11.4 Å². The quantitative estimate of drug-likeness (QED) is 0.420. The van der Waals surface area contributed by atoms with Crippen LogP contribution in [0.5, 0.6) is 0 Å². The maximum Gasteiger partial charge on any atom is 0.145 e. The first kappa shape index (κ1) is 11.8. The SMILES string of the molecule is Cc1cc2nc(-c3ccccc3)n3c4ccccc4c(c1)c23. The van der Waals surface area contributed by atoms with E-state index in [1.807, 2.05) is 6.07 Å². The standard InChI is InChI=1S/C20H14N2/c1-13-11-16-15-9-5-6-10-18(15)22-19(16)17(12-13)21-20(22)14-7-3-2-4-8-14/h2-12H,1H3. The molecule has 2 heteroatoms. The summed E-state index contributed by atoms with van der Waals surface area (Å²) in [6, 6.07) is 23.4. The molecular weight excluding hydrogens is 268 g/mol. The molecule has 5 aromatic rings. The van der Waals surface area contributed by atoms with E-state index in [-0.39, 0.29) is 0 Å². The highest BCUT2D eigenvalue weighted by Gasteiger charge is 2.18. The second-order valence-corrected chi connectivity index (χ2v) is 5.83.